The molecule has 0 spiro atoms. The highest BCUT2D eigenvalue weighted by atomic mass is 19.1. The Hall–Kier alpha value is -3.33. The molecule has 2 unspecified atom stereocenters. The lowest BCUT2D eigenvalue weighted by Crippen LogP contribution is -2.55. The van der Waals surface area contributed by atoms with E-state index in [1.54, 1.807) is 30.3 Å². The molecule has 2 aromatic rings. The van der Waals surface area contributed by atoms with E-state index in [0.717, 1.165) is 28.0 Å². The quantitative estimate of drug-likeness (QED) is 0.701. The Morgan fingerprint density at radius 2 is 1.71 bits per heavy atom. The van der Waals surface area contributed by atoms with E-state index in [1.807, 2.05) is 0 Å². The zero-order valence-corrected chi connectivity index (χ0v) is 16.6. The number of nitrogens with zero attached hydrogens (tertiary/aromatic N) is 2. The summed E-state index contributed by atoms with van der Waals surface area (Å²) in [5.74, 6) is -3.91. The molecule has 7 nitrogen and oxygen atoms in total. The number of carbonyl (C=O) groups is 3. The number of aliphatic hydroxyl groups is 1. The Bertz CT molecular complexity index is 949. The van der Waals surface area contributed by atoms with Gasteiger partial charge in [-0.2, -0.15) is 0 Å². The maximum Gasteiger partial charge on any atom is 0.334 e. The minimum absolute atomic E-state index is 0.0991. The molecule has 9 heteroatoms. The van der Waals surface area contributed by atoms with E-state index in [0.29, 0.717) is 12.0 Å². The van der Waals surface area contributed by atoms with Crippen molar-refractivity contribution in [2.24, 2.45) is 0 Å². The molecule has 1 fully saturated rings. The van der Waals surface area contributed by atoms with Crippen molar-refractivity contribution >= 4 is 17.9 Å². The van der Waals surface area contributed by atoms with Crippen LogP contribution in [0.3, 0.4) is 0 Å². The first kappa shape index (κ1) is 22.4. The lowest BCUT2D eigenvalue weighted by atomic mass is 9.98. The SMILES string of the molecule is O=C(O)C(O)C(Cc1ccccc1)N(Cc1c(F)cccc1F)C(=O)N1CCCC1=O. The molecule has 1 saturated heterocycles. The summed E-state index contributed by atoms with van der Waals surface area (Å²) in [7, 11) is 0. The first-order chi connectivity index (χ1) is 14.8. The van der Waals surface area contributed by atoms with Gasteiger partial charge in [-0.3, -0.25) is 9.69 Å². The number of carboxylic acid groups (broad SMARTS) is 1. The summed E-state index contributed by atoms with van der Waals surface area (Å²) in [5.41, 5.74) is 0.144. The number of imide groups is 1. The van der Waals surface area contributed by atoms with Gasteiger partial charge in [-0.1, -0.05) is 36.4 Å². The number of benzene rings is 2. The highest BCUT2D eigenvalue weighted by Crippen LogP contribution is 2.23. The van der Waals surface area contributed by atoms with Gasteiger partial charge < -0.3 is 15.1 Å². The topological polar surface area (TPSA) is 98.2 Å². The fraction of sp³-hybridized carbons (Fsp3) is 0.318. The van der Waals surface area contributed by atoms with Gasteiger partial charge in [0.25, 0.3) is 0 Å². The van der Waals surface area contributed by atoms with Crippen molar-refractivity contribution in [3.05, 3.63) is 71.3 Å². The standard InChI is InChI=1S/C22H22F2N2O5/c23-16-8-4-9-17(24)15(16)13-26(22(31)25-11-5-10-19(25)27)18(20(28)21(29)30)12-14-6-2-1-3-7-14/h1-4,6-9,18,20,28H,5,10-13H2,(H,29,30). The monoisotopic (exact) mass is 432 g/mol. The van der Waals surface area contributed by atoms with Gasteiger partial charge in [0.15, 0.2) is 6.10 Å². The fourth-order valence-electron chi connectivity index (χ4n) is 3.60. The van der Waals surface area contributed by atoms with Crippen molar-refractivity contribution in [1.29, 1.82) is 0 Å². The number of aliphatic carboxylic acids is 1. The first-order valence-corrected chi connectivity index (χ1v) is 9.78. The number of carboxylic acids is 1. The normalized spacial score (nSPS) is 15.6. The smallest absolute Gasteiger partial charge is 0.334 e. The van der Waals surface area contributed by atoms with Gasteiger partial charge in [0.05, 0.1) is 12.6 Å². The van der Waals surface area contributed by atoms with E-state index in [4.69, 9.17) is 0 Å². The largest absolute Gasteiger partial charge is 0.479 e. The summed E-state index contributed by atoms with van der Waals surface area (Å²) in [4.78, 5) is 38.8. The predicted octanol–water partition coefficient (Wildman–Crippen LogP) is 2.57. The average Bonchev–Trinajstić information content (AvgIpc) is 3.18. The third-order valence-electron chi connectivity index (χ3n) is 5.25. The Kier molecular flexibility index (Phi) is 6.96. The van der Waals surface area contributed by atoms with Gasteiger partial charge in [0, 0.05) is 18.5 Å². The van der Waals surface area contributed by atoms with Crippen molar-refractivity contribution in [1.82, 2.24) is 9.80 Å². The third-order valence-corrected chi connectivity index (χ3v) is 5.25. The van der Waals surface area contributed by atoms with Crippen LogP contribution in [0.2, 0.25) is 0 Å². The van der Waals surface area contributed by atoms with Gasteiger partial charge in [0.2, 0.25) is 5.91 Å². The van der Waals surface area contributed by atoms with Crippen LogP contribution in [0.25, 0.3) is 0 Å². The van der Waals surface area contributed by atoms with Crippen molar-refractivity contribution < 1.29 is 33.4 Å². The number of carbonyl (C=O) groups excluding carboxylic acids is 2. The third kappa shape index (κ3) is 5.05. The zero-order chi connectivity index (χ0) is 22.5. The van der Waals surface area contributed by atoms with Crippen LogP contribution < -0.4 is 0 Å². The van der Waals surface area contributed by atoms with Crippen LogP contribution >= 0.6 is 0 Å². The van der Waals surface area contributed by atoms with Crippen LogP contribution in [0.15, 0.2) is 48.5 Å². The Morgan fingerprint density at radius 3 is 2.26 bits per heavy atom. The summed E-state index contributed by atoms with van der Waals surface area (Å²) in [6.07, 6.45) is -1.58. The summed E-state index contributed by atoms with van der Waals surface area (Å²) in [5, 5.41) is 19.8. The highest BCUT2D eigenvalue weighted by Gasteiger charge is 2.39. The van der Waals surface area contributed by atoms with E-state index >= 15 is 0 Å². The summed E-state index contributed by atoms with van der Waals surface area (Å²) < 4.78 is 28.7. The molecule has 0 bridgehead atoms. The lowest BCUT2D eigenvalue weighted by molar-refractivity contribution is -0.150. The molecular formula is C22H22F2N2O5. The van der Waals surface area contributed by atoms with Crippen LogP contribution in [-0.2, 0) is 22.6 Å². The molecule has 1 aliphatic rings. The van der Waals surface area contributed by atoms with Gasteiger partial charge >= 0.3 is 12.0 Å². The molecule has 0 saturated carbocycles. The number of urea groups is 1. The second-order valence-electron chi connectivity index (χ2n) is 7.30. The molecule has 164 valence electrons. The van der Waals surface area contributed by atoms with Crippen molar-refractivity contribution in [3.8, 4) is 0 Å². The number of aliphatic hydroxyl groups excluding tert-OH is 1. The molecule has 1 heterocycles. The minimum atomic E-state index is -2.04. The molecule has 2 aromatic carbocycles. The van der Waals surface area contributed by atoms with E-state index in [1.165, 1.54) is 0 Å². The van der Waals surface area contributed by atoms with Crippen LogP contribution in [0, 0.1) is 11.6 Å². The predicted molar refractivity (Wildman–Crippen MR) is 106 cm³/mol. The molecule has 31 heavy (non-hydrogen) atoms. The molecule has 2 N–H and O–H groups in total. The molecule has 0 radical (unpaired) electrons. The van der Waals surface area contributed by atoms with Crippen molar-refractivity contribution in [2.75, 3.05) is 6.54 Å². The maximum atomic E-state index is 14.3. The van der Waals surface area contributed by atoms with Crippen molar-refractivity contribution in [2.45, 2.75) is 38.0 Å². The van der Waals surface area contributed by atoms with Crippen LogP contribution in [0.5, 0.6) is 0 Å². The van der Waals surface area contributed by atoms with E-state index in [-0.39, 0.29) is 19.4 Å². The van der Waals surface area contributed by atoms with Gasteiger partial charge in [0.1, 0.15) is 11.6 Å². The fourth-order valence-corrected chi connectivity index (χ4v) is 3.60. The Morgan fingerprint density at radius 1 is 1.06 bits per heavy atom. The first-order valence-electron chi connectivity index (χ1n) is 9.78. The van der Waals surface area contributed by atoms with Crippen LogP contribution in [0.1, 0.15) is 24.0 Å². The van der Waals surface area contributed by atoms with Crippen molar-refractivity contribution in [3.63, 3.8) is 0 Å². The van der Waals surface area contributed by atoms with E-state index in [2.05, 4.69) is 0 Å². The molecule has 2 atom stereocenters. The highest BCUT2D eigenvalue weighted by molar-refractivity contribution is 5.96. The van der Waals surface area contributed by atoms with Gasteiger partial charge in [-0.15, -0.1) is 0 Å². The van der Waals surface area contributed by atoms with Crippen LogP contribution in [0.4, 0.5) is 13.6 Å². The van der Waals surface area contributed by atoms with Gasteiger partial charge in [-0.05, 0) is 30.5 Å². The van der Waals surface area contributed by atoms with E-state index < -0.39 is 53.8 Å². The maximum absolute atomic E-state index is 14.3. The Balaban J connectivity index is 2.04. The summed E-state index contributed by atoms with van der Waals surface area (Å²) in [6, 6.07) is 9.42. The molecule has 3 rings (SSSR count). The van der Waals surface area contributed by atoms with Gasteiger partial charge in [-0.25, -0.2) is 18.4 Å². The molecule has 0 aliphatic carbocycles. The van der Waals surface area contributed by atoms with Crippen LogP contribution in [-0.4, -0.2) is 56.6 Å². The molecule has 1 aliphatic heterocycles. The summed E-state index contributed by atoms with van der Waals surface area (Å²) in [6.45, 7) is -0.544. The van der Waals surface area contributed by atoms with E-state index in [9.17, 15) is 33.4 Å². The minimum Gasteiger partial charge on any atom is -0.479 e. The number of likely N-dealkylation sites (tertiary alicyclic amines) is 1. The molecule has 3 amide bonds. The number of rotatable bonds is 7. The number of amides is 3. The Labute approximate surface area is 177 Å². The molecule has 0 aromatic heterocycles. The number of hydrogen-bond donors (Lipinski definition) is 2. The summed E-state index contributed by atoms with van der Waals surface area (Å²) >= 11 is 0. The average molecular weight is 432 g/mol. The second kappa shape index (κ2) is 9.65. The molecular weight excluding hydrogens is 410 g/mol. The lowest BCUT2D eigenvalue weighted by Gasteiger charge is -2.36. The second-order valence-corrected chi connectivity index (χ2v) is 7.30. The number of hydrogen-bond acceptors (Lipinski definition) is 4. The zero-order valence-electron chi connectivity index (χ0n) is 16.6. The number of halogens is 2.